The molecule has 1 aliphatic heterocycles. The van der Waals surface area contributed by atoms with Crippen molar-refractivity contribution in [3.63, 3.8) is 0 Å². The summed E-state index contributed by atoms with van der Waals surface area (Å²) in [7, 11) is 0. The van der Waals surface area contributed by atoms with E-state index in [-0.39, 0.29) is 30.1 Å². The van der Waals surface area contributed by atoms with Gasteiger partial charge in [0.1, 0.15) is 0 Å². The summed E-state index contributed by atoms with van der Waals surface area (Å²) >= 11 is 6.10. The highest BCUT2D eigenvalue weighted by atomic mass is 35.5. The molecular formula is C19H15ClN2O6. The van der Waals surface area contributed by atoms with Crippen LogP contribution in [0, 0.1) is 16.0 Å². The molecule has 2 aromatic carbocycles. The average molecular weight is 403 g/mol. The van der Waals surface area contributed by atoms with Crippen molar-refractivity contribution in [2.24, 2.45) is 5.92 Å². The number of hydrogen-bond acceptors (Lipinski definition) is 6. The number of benzene rings is 2. The molecule has 0 radical (unpaired) electrons. The van der Waals surface area contributed by atoms with Gasteiger partial charge >= 0.3 is 5.97 Å². The molecule has 28 heavy (non-hydrogen) atoms. The van der Waals surface area contributed by atoms with Gasteiger partial charge in [0.2, 0.25) is 5.91 Å². The molecule has 8 nitrogen and oxygen atoms in total. The summed E-state index contributed by atoms with van der Waals surface area (Å²) < 4.78 is 5.05. The van der Waals surface area contributed by atoms with Crippen LogP contribution in [0.25, 0.3) is 0 Å². The Labute approximate surface area is 164 Å². The molecule has 0 saturated carbocycles. The van der Waals surface area contributed by atoms with E-state index in [1.807, 2.05) is 0 Å². The Morgan fingerprint density at radius 1 is 1.18 bits per heavy atom. The van der Waals surface area contributed by atoms with E-state index in [0.29, 0.717) is 10.7 Å². The van der Waals surface area contributed by atoms with Crippen LogP contribution in [0.2, 0.25) is 5.02 Å². The highest BCUT2D eigenvalue weighted by Crippen LogP contribution is 2.31. The van der Waals surface area contributed by atoms with E-state index in [9.17, 15) is 24.5 Å². The third kappa shape index (κ3) is 4.17. The maximum Gasteiger partial charge on any atom is 0.311 e. The first-order valence-electron chi connectivity index (χ1n) is 8.36. The number of anilines is 1. The van der Waals surface area contributed by atoms with E-state index < -0.39 is 29.2 Å². The van der Waals surface area contributed by atoms with Gasteiger partial charge in [0.15, 0.2) is 12.4 Å². The lowest BCUT2D eigenvalue weighted by Crippen LogP contribution is -2.27. The van der Waals surface area contributed by atoms with Crippen molar-refractivity contribution in [1.82, 2.24) is 0 Å². The molecule has 1 heterocycles. The number of hydrogen-bond donors (Lipinski definition) is 0. The zero-order valence-electron chi connectivity index (χ0n) is 14.5. The second kappa shape index (κ2) is 8.18. The second-order valence-electron chi connectivity index (χ2n) is 6.19. The Kier molecular flexibility index (Phi) is 5.70. The lowest BCUT2D eigenvalue weighted by atomic mass is 10.1. The molecule has 0 N–H and O–H groups in total. The van der Waals surface area contributed by atoms with Crippen LogP contribution in [-0.2, 0) is 14.3 Å². The summed E-state index contributed by atoms with van der Waals surface area (Å²) in [5.41, 5.74) is 0.572. The summed E-state index contributed by atoms with van der Waals surface area (Å²) in [5, 5.41) is 11.0. The van der Waals surface area contributed by atoms with E-state index in [1.54, 1.807) is 24.3 Å². The van der Waals surface area contributed by atoms with Gasteiger partial charge in [-0.05, 0) is 24.3 Å². The molecule has 144 valence electrons. The van der Waals surface area contributed by atoms with Gasteiger partial charge < -0.3 is 9.64 Å². The maximum absolute atomic E-state index is 12.3. The Bertz CT molecular complexity index is 944. The van der Waals surface area contributed by atoms with E-state index >= 15 is 0 Å². The molecule has 0 bridgehead atoms. The number of non-ortho nitro benzene ring substituents is 1. The van der Waals surface area contributed by atoms with Gasteiger partial charge in [0.25, 0.3) is 5.69 Å². The van der Waals surface area contributed by atoms with Gasteiger partial charge in [-0.1, -0.05) is 23.7 Å². The Hall–Kier alpha value is -3.26. The number of Topliss-reactive ketones (excluding diaryl/α,β-unsaturated/α-hetero) is 1. The minimum Gasteiger partial charge on any atom is -0.457 e. The fourth-order valence-electron chi connectivity index (χ4n) is 2.88. The number of carbonyl (C=O) groups excluding carboxylic acids is 3. The number of rotatable bonds is 6. The zero-order valence-corrected chi connectivity index (χ0v) is 15.3. The number of para-hydroxylation sites is 1. The van der Waals surface area contributed by atoms with Crippen LogP contribution >= 0.6 is 11.6 Å². The standard InChI is InChI=1S/C19H15ClN2O6/c20-15-3-1-2-4-16(15)21-10-13(9-18(21)24)19(25)28-11-17(23)12-5-7-14(8-6-12)22(26)27/h1-8,13H,9-11H2/t13-/m1/s1. The molecule has 3 rings (SSSR count). The molecule has 2 aromatic rings. The number of halogens is 1. The van der Waals surface area contributed by atoms with E-state index in [1.165, 1.54) is 29.2 Å². The molecule has 1 aliphatic rings. The molecule has 0 aromatic heterocycles. The topological polar surface area (TPSA) is 107 Å². The van der Waals surface area contributed by atoms with Crippen molar-refractivity contribution in [3.05, 3.63) is 69.2 Å². The third-order valence-corrected chi connectivity index (χ3v) is 4.67. The molecular weight excluding hydrogens is 388 g/mol. The summed E-state index contributed by atoms with van der Waals surface area (Å²) in [6.45, 7) is -0.388. The van der Waals surface area contributed by atoms with Crippen LogP contribution in [0.3, 0.4) is 0 Å². The summed E-state index contributed by atoms with van der Waals surface area (Å²) in [5.74, 6) is -2.10. The van der Waals surface area contributed by atoms with Gasteiger partial charge in [0, 0.05) is 30.7 Å². The molecule has 1 fully saturated rings. The van der Waals surface area contributed by atoms with Crippen LogP contribution in [0.15, 0.2) is 48.5 Å². The predicted octanol–water partition coefficient (Wildman–Crippen LogP) is 3.03. The molecule has 1 amide bonds. The molecule has 1 saturated heterocycles. The number of esters is 1. The molecule has 9 heteroatoms. The van der Waals surface area contributed by atoms with E-state index in [0.717, 1.165) is 0 Å². The first kappa shape index (κ1) is 19.5. The monoisotopic (exact) mass is 402 g/mol. The summed E-state index contributed by atoms with van der Waals surface area (Å²) in [4.78, 5) is 48.1. The first-order valence-corrected chi connectivity index (χ1v) is 8.74. The fourth-order valence-corrected chi connectivity index (χ4v) is 3.11. The average Bonchev–Trinajstić information content (AvgIpc) is 3.08. The van der Waals surface area contributed by atoms with Crippen LogP contribution in [0.5, 0.6) is 0 Å². The lowest BCUT2D eigenvalue weighted by molar-refractivity contribution is -0.384. The normalized spacial score (nSPS) is 16.1. The van der Waals surface area contributed by atoms with Gasteiger partial charge in [-0.15, -0.1) is 0 Å². The number of carbonyl (C=O) groups is 3. The Balaban J connectivity index is 1.58. The number of amides is 1. The van der Waals surface area contributed by atoms with Crippen molar-refractivity contribution < 1.29 is 24.0 Å². The smallest absolute Gasteiger partial charge is 0.311 e. The Morgan fingerprint density at radius 3 is 2.50 bits per heavy atom. The number of nitro groups is 1. The quantitative estimate of drug-likeness (QED) is 0.318. The summed E-state index contributed by atoms with van der Waals surface area (Å²) in [6.07, 6.45) is -0.0320. The lowest BCUT2D eigenvalue weighted by Gasteiger charge is -2.17. The first-order chi connectivity index (χ1) is 13.4. The zero-order chi connectivity index (χ0) is 20.3. The van der Waals surface area contributed by atoms with Gasteiger partial charge in [-0.25, -0.2) is 0 Å². The minimum atomic E-state index is -0.701. The van der Waals surface area contributed by atoms with Crippen LogP contribution in [0.1, 0.15) is 16.8 Å². The minimum absolute atomic E-state index is 0.0320. The van der Waals surface area contributed by atoms with Crippen molar-refractivity contribution >= 4 is 40.6 Å². The van der Waals surface area contributed by atoms with Gasteiger partial charge in [0.05, 0.1) is 21.6 Å². The van der Waals surface area contributed by atoms with Crippen LogP contribution in [-0.4, -0.2) is 35.7 Å². The molecule has 0 spiro atoms. The van der Waals surface area contributed by atoms with Gasteiger partial charge in [-0.2, -0.15) is 0 Å². The SMILES string of the molecule is O=C(COC(=O)[C@@H]1CC(=O)N(c2ccccc2Cl)C1)c1ccc([N+](=O)[O-])cc1. The third-order valence-electron chi connectivity index (χ3n) is 4.35. The fraction of sp³-hybridized carbons (Fsp3) is 0.211. The van der Waals surface area contributed by atoms with Gasteiger partial charge in [-0.3, -0.25) is 24.5 Å². The Morgan fingerprint density at radius 2 is 1.86 bits per heavy atom. The van der Waals surface area contributed by atoms with Crippen LogP contribution in [0.4, 0.5) is 11.4 Å². The van der Waals surface area contributed by atoms with Crippen molar-refractivity contribution in [3.8, 4) is 0 Å². The predicted molar refractivity (Wildman–Crippen MR) is 100 cm³/mol. The summed E-state index contributed by atoms with van der Waals surface area (Å²) in [6, 6.07) is 11.8. The second-order valence-corrected chi connectivity index (χ2v) is 6.60. The van der Waals surface area contributed by atoms with Crippen molar-refractivity contribution in [2.75, 3.05) is 18.1 Å². The molecule has 0 aliphatic carbocycles. The number of nitro benzene ring substituents is 1. The van der Waals surface area contributed by atoms with Crippen molar-refractivity contribution in [2.45, 2.75) is 6.42 Å². The molecule has 1 atom stereocenters. The number of ketones is 1. The highest BCUT2D eigenvalue weighted by molar-refractivity contribution is 6.33. The number of ether oxygens (including phenoxy) is 1. The van der Waals surface area contributed by atoms with Crippen LogP contribution < -0.4 is 4.90 Å². The van der Waals surface area contributed by atoms with E-state index in [4.69, 9.17) is 16.3 Å². The molecule has 0 unspecified atom stereocenters. The maximum atomic E-state index is 12.3. The number of nitrogens with zero attached hydrogens (tertiary/aromatic N) is 2. The van der Waals surface area contributed by atoms with E-state index in [2.05, 4.69) is 0 Å². The highest BCUT2D eigenvalue weighted by Gasteiger charge is 2.37. The largest absolute Gasteiger partial charge is 0.457 e. The van der Waals surface area contributed by atoms with Crippen molar-refractivity contribution in [1.29, 1.82) is 0 Å².